The van der Waals surface area contributed by atoms with Crippen LogP contribution in [-0.2, 0) is 0 Å². The molecule has 0 aliphatic rings. The molecule has 0 aromatic heterocycles. The first-order valence-electron chi connectivity index (χ1n) is 6.11. The van der Waals surface area contributed by atoms with Crippen molar-refractivity contribution in [3.8, 4) is 0 Å². The summed E-state index contributed by atoms with van der Waals surface area (Å²) in [6, 6.07) is 10.8. The third-order valence-electron chi connectivity index (χ3n) is 2.85. The molecule has 2 aromatic rings. The number of rotatable bonds is 3. The average Bonchev–Trinajstić information content (AvgIpc) is 2.38. The molecule has 0 radical (unpaired) electrons. The summed E-state index contributed by atoms with van der Waals surface area (Å²) in [6.07, 6.45) is 0. The van der Waals surface area contributed by atoms with Gasteiger partial charge in [0.25, 0.3) is 5.91 Å². The average molecular weight is 273 g/mol. The quantitative estimate of drug-likeness (QED) is 0.845. The minimum atomic E-state index is -0.444. The van der Waals surface area contributed by atoms with Crippen LogP contribution in [0.5, 0.6) is 0 Å². The number of carbonyl (C=O) groups excluding carboxylic acids is 1. The van der Waals surface area contributed by atoms with Gasteiger partial charge in [-0.2, -0.15) is 0 Å². The van der Waals surface area contributed by atoms with Gasteiger partial charge >= 0.3 is 0 Å². The summed E-state index contributed by atoms with van der Waals surface area (Å²) < 4.78 is 13.1. The number of benzene rings is 2. The molecule has 5 heteroatoms. The molecule has 3 N–H and O–H groups in total. The minimum absolute atomic E-state index is 0.264. The normalized spacial score (nSPS) is 10.2. The summed E-state index contributed by atoms with van der Waals surface area (Å²) in [4.78, 5) is 13.8. The minimum Gasteiger partial charge on any atom is -0.397 e. The molecule has 0 saturated heterocycles. The second-order valence-corrected chi connectivity index (χ2v) is 4.63. The Bertz CT molecular complexity index is 641. The van der Waals surface area contributed by atoms with Gasteiger partial charge in [0.2, 0.25) is 0 Å². The Morgan fingerprint density at radius 1 is 1.20 bits per heavy atom. The van der Waals surface area contributed by atoms with Crippen LogP contribution in [0, 0.1) is 5.82 Å². The highest BCUT2D eigenvalue weighted by Gasteiger charge is 2.08. The van der Waals surface area contributed by atoms with E-state index in [1.54, 1.807) is 18.2 Å². The van der Waals surface area contributed by atoms with E-state index in [0.29, 0.717) is 11.4 Å². The lowest BCUT2D eigenvalue weighted by Crippen LogP contribution is -2.14. The molecular weight excluding hydrogens is 257 g/mol. The Hall–Kier alpha value is -2.56. The molecule has 2 aromatic carbocycles. The highest BCUT2D eigenvalue weighted by atomic mass is 19.1. The molecule has 0 atom stereocenters. The molecule has 2 rings (SSSR count). The molecule has 1 amide bonds. The number of nitrogen functional groups attached to an aromatic ring is 1. The van der Waals surface area contributed by atoms with Gasteiger partial charge in [-0.3, -0.25) is 4.79 Å². The summed E-state index contributed by atoms with van der Waals surface area (Å²) in [5.74, 6) is -0.818. The standard InChI is InChI=1S/C15H16FN3O/c1-19(2)14-7-6-12(9-13(14)17)18-15(20)10-4-3-5-11(16)8-10/h3-9H,17H2,1-2H3,(H,18,20). The third kappa shape index (κ3) is 3.06. The molecule has 0 unspecified atom stereocenters. The molecule has 0 aliphatic heterocycles. The van der Waals surface area contributed by atoms with Crippen LogP contribution in [0.15, 0.2) is 42.5 Å². The van der Waals surface area contributed by atoms with E-state index in [1.807, 2.05) is 25.1 Å². The van der Waals surface area contributed by atoms with Gasteiger partial charge in [0.15, 0.2) is 0 Å². The van der Waals surface area contributed by atoms with E-state index in [-0.39, 0.29) is 11.5 Å². The van der Waals surface area contributed by atoms with Gasteiger partial charge in [0, 0.05) is 25.3 Å². The fourth-order valence-electron chi connectivity index (χ4n) is 1.87. The topological polar surface area (TPSA) is 58.4 Å². The van der Waals surface area contributed by atoms with Crippen molar-refractivity contribution in [3.63, 3.8) is 0 Å². The lowest BCUT2D eigenvalue weighted by atomic mass is 10.2. The predicted octanol–water partition coefficient (Wildman–Crippen LogP) is 2.73. The summed E-state index contributed by atoms with van der Waals surface area (Å²) in [7, 11) is 3.77. The molecule has 0 heterocycles. The summed E-state index contributed by atoms with van der Waals surface area (Å²) in [5.41, 5.74) is 8.17. The first-order chi connectivity index (χ1) is 9.47. The van der Waals surface area contributed by atoms with Crippen molar-refractivity contribution in [3.05, 3.63) is 53.8 Å². The van der Waals surface area contributed by atoms with Gasteiger partial charge in [0.05, 0.1) is 11.4 Å². The fraction of sp³-hybridized carbons (Fsp3) is 0.133. The van der Waals surface area contributed by atoms with E-state index in [0.717, 1.165) is 5.69 Å². The number of nitrogens with two attached hydrogens (primary N) is 1. The number of anilines is 3. The van der Waals surface area contributed by atoms with E-state index >= 15 is 0 Å². The third-order valence-corrected chi connectivity index (χ3v) is 2.85. The van der Waals surface area contributed by atoms with Crippen LogP contribution in [0.25, 0.3) is 0 Å². The van der Waals surface area contributed by atoms with Gasteiger partial charge in [-0.25, -0.2) is 4.39 Å². The lowest BCUT2D eigenvalue weighted by Gasteiger charge is -2.16. The first-order valence-corrected chi connectivity index (χ1v) is 6.11. The SMILES string of the molecule is CN(C)c1ccc(NC(=O)c2cccc(F)c2)cc1N. The monoisotopic (exact) mass is 273 g/mol. The number of carbonyl (C=O) groups is 1. The van der Waals surface area contributed by atoms with Gasteiger partial charge < -0.3 is 16.0 Å². The summed E-state index contributed by atoms with van der Waals surface area (Å²) >= 11 is 0. The Morgan fingerprint density at radius 2 is 1.95 bits per heavy atom. The lowest BCUT2D eigenvalue weighted by molar-refractivity contribution is 0.102. The predicted molar refractivity (Wildman–Crippen MR) is 79.5 cm³/mol. The zero-order valence-corrected chi connectivity index (χ0v) is 11.4. The summed E-state index contributed by atoms with van der Waals surface area (Å²) in [5, 5.41) is 2.69. The van der Waals surface area contributed by atoms with Gasteiger partial charge in [-0.1, -0.05) is 6.07 Å². The maximum absolute atomic E-state index is 13.1. The molecule has 0 aliphatic carbocycles. The maximum Gasteiger partial charge on any atom is 0.255 e. The van der Waals surface area contributed by atoms with Crippen LogP contribution in [0.2, 0.25) is 0 Å². The van der Waals surface area contributed by atoms with Crippen LogP contribution in [-0.4, -0.2) is 20.0 Å². The van der Waals surface area contributed by atoms with Crippen molar-refractivity contribution in [2.75, 3.05) is 30.0 Å². The fourth-order valence-corrected chi connectivity index (χ4v) is 1.87. The Labute approximate surface area is 117 Å². The van der Waals surface area contributed by atoms with Crippen LogP contribution in [0.4, 0.5) is 21.5 Å². The number of nitrogens with zero attached hydrogens (tertiary/aromatic N) is 1. The second-order valence-electron chi connectivity index (χ2n) is 4.63. The highest BCUT2D eigenvalue weighted by Crippen LogP contribution is 2.25. The van der Waals surface area contributed by atoms with Crippen molar-refractivity contribution >= 4 is 23.0 Å². The van der Waals surface area contributed by atoms with E-state index in [9.17, 15) is 9.18 Å². The first kappa shape index (κ1) is 13.9. The molecule has 0 spiro atoms. The molecular formula is C15H16FN3O. The number of nitrogens with one attached hydrogen (secondary N) is 1. The van der Waals surface area contributed by atoms with Crippen LogP contribution in [0.1, 0.15) is 10.4 Å². The van der Waals surface area contributed by atoms with Crippen LogP contribution >= 0.6 is 0 Å². The number of halogens is 1. The van der Waals surface area contributed by atoms with Gasteiger partial charge in [-0.15, -0.1) is 0 Å². The number of hydrogen-bond acceptors (Lipinski definition) is 3. The highest BCUT2D eigenvalue weighted by molar-refractivity contribution is 6.04. The molecule has 4 nitrogen and oxygen atoms in total. The number of hydrogen-bond donors (Lipinski definition) is 2. The van der Waals surface area contributed by atoms with Crippen molar-refractivity contribution < 1.29 is 9.18 Å². The molecule has 0 fully saturated rings. The molecule has 20 heavy (non-hydrogen) atoms. The van der Waals surface area contributed by atoms with E-state index in [1.165, 1.54) is 18.2 Å². The molecule has 0 bridgehead atoms. The van der Waals surface area contributed by atoms with Crippen LogP contribution < -0.4 is 16.0 Å². The maximum atomic E-state index is 13.1. The Morgan fingerprint density at radius 3 is 2.55 bits per heavy atom. The van der Waals surface area contributed by atoms with Crippen molar-refractivity contribution in [2.24, 2.45) is 0 Å². The zero-order valence-electron chi connectivity index (χ0n) is 11.4. The van der Waals surface area contributed by atoms with Crippen LogP contribution in [0.3, 0.4) is 0 Å². The zero-order chi connectivity index (χ0) is 14.7. The molecule has 104 valence electrons. The van der Waals surface area contributed by atoms with E-state index in [2.05, 4.69) is 5.32 Å². The largest absolute Gasteiger partial charge is 0.397 e. The second kappa shape index (κ2) is 5.61. The van der Waals surface area contributed by atoms with E-state index < -0.39 is 5.82 Å². The van der Waals surface area contributed by atoms with Crippen molar-refractivity contribution in [1.82, 2.24) is 0 Å². The van der Waals surface area contributed by atoms with Crippen molar-refractivity contribution in [2.45, 2.75) is 0 Å². The Kier molecular flexibility index (Phi) is 3.89. The van der Waals surface area contributed by atoms with Crippen molar-refractivity contribution in [1.29, 1.82) is 0 Å². The van der Waals surface area contributed by atoms with Gasteiger partial charge in [0.1, 0.15) is 5.82 Å². The Balaban J connectivity index is 2.18. The molecule has 0 saturated carbocycles. The number of amides is 1. The van der Waals surface area contributed by atoms with E-state index in [4.69, 9.17) is 5.73 Å². The smallest absolute Gasteiger partial charge is 0.255 e. The van der Waals surface area contributed by atoms with Gasteiger partial charge in [-0.05, 0) is 36.4 Å². The summed E-state index contributed by atoms with van der Waals surface area (Å²) in [6.45, 7) is 0.